The first-order chi connectivity index (χ1) is 12.0. The SMILES string of the molecule is CO[C@@H]1[C@H](OC(C)C)[C@@H](C(C)CS(=O)(=O)O)O[C@H]1n1ccc(=O)[nH]c1=O. The Hall–Kier alpha value is -1.53. The van der Waals surface area contributed by atoms with Crippen LogP contribution in [0.3, 0.4) is 0 Å². The van der Waals surface area contributed by atoms with Gasteiger partial charge in [-0.25, -0.2) is 4.79 Å². The number of methoxy groups -OCH3 is 1. The van der Waals surface area contributed by atoms with Gasteiger partial charge in [-0.15, -0.1) is 0 Å². The topological polar surface area (TPSA) is 137 Å². The summed E-state index contributed by atoms with van der Waals surface area (Å²) in [6.45, 7) is 5.20. The first kappa shape index (κ1) is 20.8. The number of hydrogen-bond donors (Lipinski definition) is 2. The molecule has 0 aliphatic carbocycles. The Morgan fingerprint density at radius 2 is 1.96 bits per heavy atom. The number of nitrogens with zero attached hydrogens (tertiary/aromatic N) is 1. The first-order valence-corrected chi connectivity index (χ1v) is 9.74. The number of aromatic nitrogens is 2. The molecule has 1 fully saturated rings. The van der Waals surface area contributed by atoms with Crippen molar-refractivity contribution in [2.75, 3.05) is 12.9 Å². The highest BCUT2D eigenvalue weighted by Gasteiger charge is 2.49. The smallest absolute Gasteiger partial charge is 0.330 e. The van der Waals surface area contributed by atoms with Crippen LogP contribution in [-0.2, 0) is 24.3 Å². The molecule has 1 aliphatic rings. The van der Waals surface area contributed by atoms with E-state index in [1.807, 2.05) is 0 Å². The number of hydrogen-bond acceptors (Lipinski definition) is 7. The van der Waals surface area contributed by atoms with Gasteiger partial charge in [0.1, 0.15) is 12.2 Å². The molecule has 0 radical (unpaired) electrons. The van der Waals surface area contributed by atoms with Crippen molar-refractivity contribution < 1.29 is 27.2 Å². The van der Waals surface area contributed by atoms with Crippen LogP contribution in [0.15, 0.2) is 21.9 Å². The molecule has 2 heterocycles. The second-order valence-corrected chi connectivity index (χ2v) is 8.08. The highest BCUT2D eigenvalue weighted by molar-refractivity contribution is 7.85. The molecular weight excluding hydrogens is 368 g/mol. The quantitative estimate of drug-likeness (QED) is 0.607. The van der Waals surface area contributed by atoms with Crippen LogP contribution in [0.1, 0.15) is 27.0 Å². The molecule has 10 nitrogen and oxygen atoms in total. The summed E-state index contributed by atoms with van der Waals surface area (Å²) in [6, 6.07) is 1.17. The van der Waals surface area contributed by atoms with Gasteiger partial charge >= 0.3 is 5.69 Å². The molecule has 148 valence electrons. The fourth-order valence-corrected chi connectivity index (χ4v) is 3.98. The molecule has 26 heavy (non-hydrogen) atoms. The second-order valence-electron chi connectivity index (χ2n) is 6.58. The Balaban J connectivity index is 2.41. The van der Waals surface area contributed by atoms with Crippen LogP contribution in [0.4, 0.5) is 0 Å². The third-order valence-corrected chi connectivity index (χ3v) is 5.03. The van der Waals surface area contributed by atoms with Crippen molar-refractivity contribution in [3.05, 3.63) is 33.1 Å². The summed E-state index contributed by atoms with van der Waals surface area (Å²) in [5, 5.41) is 0. The monoisotopic (exact) mass is 392 g/mol. The van der Waals surface area contributed by atoms with Crippen molar-refractivity contribution in [3.8, 4) is 0 Å². The summed E-state index contributed by atoms with van der Waals surface area (Å²) in [5.74, 6) is -1.16. The minimum absolute atomic E-state index is 0.215. The third-order valence-electron chi connectivity index (χ3n) is 4.09. The average Bonchev–Trinajstić information content (AvgIpc) is 2.83. The molecule has 0 saturated carbocycles. The molecule has 1 saturated heterocycles. The van der Waals surface area contributed by atoms with E-state index in [9.17, 15) is 18.0 Å². The largest absolute Gasteiger partial charge is 0.374 e. The lowest BCUT2D eigenvalue weighted by Gasteiger charge is -2.27. The van der Waals surface area contributed by atoms with E-state index in [4.69, 9.17) is 18.8 Å². The molecule has 0 aromatic carbocycles. The van der Waals surface area contributed by atoms with E-state index in [1.54, 1.807) is 20.8 Å². The molecule has 0 bridgehead atoms. The number of rotatable bonds is 7. The third kappa shape index (κ3) is 4.80. The molecule has 1 aromatic rings. The Labute approximate surface area is 150 Å². The number of H-pyrrole nitrogens is 1. The van der Waals surface area contributed by atoms with Crippen LogP contribution in [0.5, 0.6) is 0 Å². The normalized spacial score (nSPS) is 27.8. The molecule has 2 rings (SSSR count). The maximum Gasteiger partial charge on any atom is 0.330 e. The van der Waals surface area contributed by atoms with Crippen LogP contribution in [0, 0.1) is 5.92 Å². The summed E-state index contributed by atoms with van der Waals surface area (Å²) in [7, 11) is -2.80. The fourth-order valence-electron chi connectivity index (χ4n) is 3.12. The van der Waals surface area contributed by atoms with Gasteiger partial charge in [-0.3, -0.25) is 18.9 Å². The number of nitrogens with one attached hydrogen (secondary N) is 1. The molecule has 1 aromatic heterocycles. The molecule has 1 unspecified atom stereocenters. The van der Waals surface area contributed by atoms with Gasteiger partial charge in [0.2, 0.25) is 0 Å². The standard InChI is InChI=1S/C15H24N2O8S/c1-8(2)24-12-11(9(3)7-26(20,21)22)25-14(13(12)23-4)17-6-5-10(18)16-15(17)19/h5-6,8-9,11-14H,7H2,1-4H3,(H,16,18,19)(H,20,21,22)/t9?,11-,12-,13-,14-/m1/s1. The van der Waals surface area contributed by atoms with E-state index in [2.05, 4.69) is 4.98 Å². The van der Waals surface area contributed by atoms with Gasteiger partial charge in [0.15, 0.2) is 6.23 Å². The predicted molar refractivity (Wildman–Crippen MR) is 91.6 cm³/mol. The van der Waals surface area contributed by atoms with Gasteiger partial charge in [0, 0.05) is 25.3 Å². The van der Waals surface area contributed by atoms with Gasteiger partial charge in [0.05, 0.1) is 18.0 Å². The van der Waals surface area contributed by atoms with Gasteiger partial charge in [-0.2, -0.15) is 8.42 Å². The van der Waals surface area contributed by atoms with E-state index in [-0.39, 0.29) is 6.10 Å². The first-order valence-electron chi connectivity index (χ1n) is 8.14. The highest BCUT2D eigenvalue weighted by atomic mass is 32.2. The summed E-state index contributed by atoms with van der Waals surface area (Å²) >= 11 is 0. The molecule has 11 heteroatoms. The average molecular weight is 392 g/mol. The van der Waals surface area contributed by atoms with Crippen molar-refractivity contribution in [1.29, 1.82) is 0 Å². The Morgan fingerprint density at radius 3 is 2.46 bits per heavy atom. The van der Waals surface area contributed by atoms with Crippen molar-refractivity contribution in [1.82, 2.24) is 9.55 Å². The molecule has 5 atom stereocenters. The zero-order valence-corrected chi connectivity index (χ0v) is 15.8. The van der Waals surface area contributed by atoms with E-state index in [1.165, 1.54) is 19.4 Å². The van der Waals surface area contributed by atoms with Crippen molar-refractivity contribution >= 4 is 10.1 Å². The Kier molecular flexibility index (Phi) is 6.40. The van der Waals surface area contributed by atoms with Crippen LogP contribution in [0.25, 0.3) is 0 Å². The number of aromatic amines is 1. The van der Waals surface area contributed by atoms with Gasteiger partial charge in [-0.1, -0.05) is 6.92 Å². The van der Waals surface area contributed by atoms with E-state index in [0.29, 0.717) is 0 Å². The van der Waals surface area contributed by atoms with Crippen molar-refractivity contribution in [2.24, 2.45) is 5.92 Å². The van der Waals surface area contributed by atoms with Crippen LogP contribution < -0.4 is 11.2 Å². The summed E-state index contributed by atoms with van der Waals surface area (Å²) in [5.41, 5.74) is -1.24. The minimum Gasteiger partial charge on any atom is -0.374 e. The lowest BCUT2D eigenvalue weighted by atomic mass is 9.99. The highest BCUT2D eigenvalue weighted by Crippen LogP contribution is 2.36. The number of ether oxygens (including phenoxy) is 3. The Bertz CT molecular complexity index is 831. The van der Waals surface area contributed by atoms with E-state index < -0.39 is 57.6 Å². The van der Waals surface area contributed by atoms with Gasteiger partial charge in [0.25, 0.3) is 15.7 Å². The summed E-state index contributed by atoms with van der Waals surface area (Å²) < 4.78 is 50.1. The van der Waals surface area contributed by atoms with Crippen LogP contribution >= 0.6 is 0 Å². The molecule has 0 spiro atoms. The Morgan fingerprint density at radius 1 is 1.31 bits per heavy atom. The molecule has 0 amide bonds. The predicted octanol–water partition coefficient (Wildman–Crippen LogP) is -0.233. The molecule has 1 aliphatic heterocycles. The molecule has 2 N–H and O–H groups in total. The van der Waals surface area contributed by atoms with Gasteiger partial charge < -0.3 is 14.2 Å². The van der Waals surface area contributed by atoms with Gasteiger partial charge in [-0.05, 0) is 13.8 Å². The lowest BCUT2D eigenvalue weighted by molar-refractivity contribution is -0.0843. The molecular formula is C15H24N2O8S. The van der Waals surface area contributed by atoms with E-state index >= 15 is 0 Å². The van der Waals surface area contributed by atoms with Crippen LogP contribution in [0.2, 0.25) is 0 Å². The zero-order valence-electron chi connectivity index (χ0n) is 15.0. The fraction of sp³-hybridized carbons (Fsp3) is 0.733. The summed E-state index contributed by atoms with van der Waals surface area (Å²) in [6.07, 6.45) is -2.03. The zero-order chi connectivity index (χ0) is 19.6. The minimum atomic E-state index is -4.23. The summed E-state index contributed by atoms with van der Waals surface area (Å²) in [4.78, 5) is 25.5. The van der Waals surface area contributed by atoms with Crippen LogP contribution in [-0.4, -0.2) is 59.8 Å². The van der Waals surface area contributed by atoms with Crippen molar-refractivity contribution in [2.45, 2.75) is 51.4 Å². The van der Waals surface area contributed by atoms with E-state index in [0.717, 1.165) is 4.57 Å². The lowest BCUT2D eigenvalue weighted by Crippen LogP contribution is -2.42. The second kappa shape index (κ2) is 8.01. The maximum absolute atomic E-state index is 12.1. The maximum atomic E-state index is 12.1. The van der Waals surface area contributed by atoms with Crippen molar-refractivity contribution in [3.63, 3.8) is 0 Å².